The van der Waals surface area contributed by atoms with Gasteiger partial charge in [-0.25, -0.2) is 4.98 Å². The van der Waals surface area contributed by atoms with Crippen molar-refractivity contribution < 1.29 is 27.8 Å². The molecule has 188 valence electrons. The molecule has 2 aromatic carbocycles. The van der Waals surface area contributed by atoms with Crippen molar-refractivity contribution >= 4 is 28.6 Å². The van der Waals surface area contributed by atoms with Gasteiger partial charge in [0.2, 0.25) is 5.95 Å². The molecule has 1 aromatic heterocycles. The summed E-state index contributed by atoms with van der Waals surface area (Å²) in [5.41, 5.74) is 3.08. The average molecular weight is 490 g/mol. The highest BCUT2D eigenvalue weighted by Gasteiger charge is 2.40. The summed E-state index contributed by atoms with van der Waals surface area (Å²) in [6.07, 6.45) is -0.180. The largest absolute Gasteiger partial charge is 0.573 e. The first-order valence-electron chi connectivity index (χ1n) is 11.7. The second-order valence-electron chi connectivity index (χ2n) is 10.4. The maximum atomic E-state index is 12.5. The fourth-order valence-corrected chi connectivity index (χ4v) is 5.38. The van der Waals surface area contributed by atoms with Crippen LogP contribution < -0.4 is 10.1 Å². The van der Waals surface area contributed by atoms with Crippen molar-refractivity contribution in [3.05, 3.63) is 48.0 Å². The van der Waals surface area contributed by atoms with E-state index in [-0.39, 0.29) is 23.1 Å². The summed E-state index contributed by atoms with van der Waals surface area (Å²) in [5, 5.41) is 12.3. The number of alkyl halides is 3. The number of carboxylic acids is 1. The van der Waals surface area contributed by atoms with Gasteiger partial charge in [-0.1, -0.05) is 26.3 Å². The van der Waals surface area contributed by atoms with Crippen molar-refractivity contribution in [2.24, 2.45) is 5.41 Å². The number of carboxylic acid groups (broad SMARTS) is 1. The summed E-state index contributed by atoms with van der Waals surface area (Å²) in [6.45, 7) is 6.75. The van der Waals surface area contributed by atoms with Gasteiger partial charge in [-0.05, 0) is 80.0 Å². The zero-order valence-corrected chi connectivity index (χ0v) is 20.1. The van der Waals surface area contributed by atoms with Crippen molar-refractivity contribution in [2.45, 2.75) is 71.2 Å². The van der Waals surface area contributed by atoms with Crippen molar-refractivity contribution in [3.8, 4) is 5.75 Å². The third kappa shape index (κ3) is 5.89. The predicted molar refractivity (Wildman–Crippen MR) is 128 cm³/mol. The molecule has 1 heterocycles. The van der Waals surface area contributed by atoms with E-state index < -0.39 is 12.3 Å². The Balaban J connectivity index is 1.73. The third-order valence-electron chi connectivity index (χ3n) is 6.66. The predicted octanol–water partition coefficient (Wildman–Crippen LogP) is 7.01. The monoisotopic (exact) mass is 489 g/mol. The Morgan fingerprint density at radius 3 is 2.49 bits per heavy atom. The highest BCUT2D eigenvalue weighted by molar-refractivity contribution is 5.81. The normalized spacial score (nSPS) is 20.1. The van der Waals surface area contributed by atoms with E-state index in [4.69, 9.17) is 10.1 Å². The highest BCUT2D eigenvalue weighted by atomic mass is 19.4. The van der Waals surface area contributed by atoms with Gasteiger partial charge >= 0.3 is 12.3 Å². The van der Waals surface area contributed by atoms with E-state index >= 15 is 0 Å². The molecule has 4 rings (SSSR count). The Kier molecular flexibility index (Phi) is 6.46. The Morgan fingerprint density at radius 2 is 1.86 bits per heavy atom. The van der Waals surface area contributed by atoms with Gasteiger partial charge in [0.15, 0.2) is 0 Å². The molecule has 1 fully saturated rings. The van der Waals surface area contributed by atoms with Crippen LogP contribution in [0.25, 0.3) is 11.0 Å². The summed E-state index contributed by atoms with van der Waals surface area (Å²) in [5.74, 6) is -0.548. The molecule has 0 aliphatic heterocycles. The number of nitrogens with one attached hydrogen (secondary N) is 1. The molecule has 1 aliphatic rings. The lowest BCUT2D eigenvalue weighted by Crippen LogP contribution is -2.39. The van der Waals surface area contributed by atoms with Crippen LogP contribution in [0.5, 0.6) is 5.75 Å². The van der Waals surface area contributed by atoms with E-state index in [9.17, 15) is 18.0 Å². The maximum Gasteiger partial charge on any atom is 0.573 e. The fourth-order valence-electron chi connectivity index (χ4n) is 5.38. The van der Waals surface area contributed by atoms with Crippen molar-refractivity contribution in [3.63, 3.8) is 0 Å². The minimum absolute atomic E-state index is 0.0373. The molecule has 1 aliphatic carbocycles. The zero-order valence-electron chi connectivity index (χ0n) is 20.1. The third-order valence-corrected chi connectivity index (χ3v) is 6.66. The van der Waals surface area contributed by atoms with Crippen molar-refractivity contribution in [1.82, 2.24) is 9.55 Å². The summed E-state index contributed by atoms with van der Waals surface area (Å²) in [4.78, 5) is 15.8. The van der Waals surface area contributed by atoms with E-state index in [0.29, 0.717) is 18.1 Å². The van der Waals surface area contributed by atoms with Crippen LogP contribution in [-0.2, 0) is 16.8 Å². The quantitative estimate of drug-likeness (QED) is 0.373. The minimum Gasteiger partial charge on any atom is -0.481 e. The van der Waals surface area contributed by atoms with Gasteiger partial charge < -0.3 is 19.7 Å². The molecule has 1 saturated carbocycles. The number of aryl methyl sites for hydroxylation is 1. The van der Waals surface area contributed by atoms with Crippen LogP contribution in [-0.4, -0.2) is 27.0 Å². The van der Waals surface area contributed by atoms with Gasteiger partial charge in [0.1, 0.15) is 5.75 Å². The molecule has 0 amide bonds. The molecule has 9 heteroatoms. The number of hydrogen-bond acceptors (Lipinski definition) is 4. The highest BCUT2D eigenvalue weighted by Crippen LogP contribution is 2.47. The number of hydrogen-bond donors (Lipinski definition) is 2. The Hall–Kier alpha value is -3.23. The van der Waals surface area contributed by atoms with E-state index in [0.717, 1.165) is 42.3 Å². The molecule has 0 bridgehead atoms. The minimum atomic E-state index is -4.75. The summed E-state index contributed by atoms with van der Waals surface area (Å²) in [7, 11) is 0. The first kappa shape index (κ1) is 24.9. The van der Waals surface area contributed by atoms with Crippen LogP contribution in [0.15, 0.2) is 42.5 Å². The van der Waals surface area contributed by atoms with Gasteiger partial charge in [-0.2, -0.15) is 0 Å². The van der Waals surface area contributed by atoms with Gasteiger partial charge in [0.05, 0.1) is 11.0 Å². The SMILES string of the molecule is CC1(C)CCC[C@@](C)(n2c(Nc3ccc(OC(F)(F)F)cc3)nc3cc(CCC(=O)O)ccc32)C1. The number of carbonyl (C=O) groups is 1. The number of aromatic nitrogens is 2. The van der Waals surface area contributed by atoms with Crippen LogP contribution >= 0.6 is 0 Å². The standard InChI is InChI=1S/C26H30F3N3O3/c1-24(2)13-4-14-25(3,16-24)32-21-11-5-17(6-12-22(33)34)15-20(21)31-23(32)30-18-7-9-19(10-8-18)35-26(27,28)29/h5,7-11,15H,4,6,12-14,16H2,1-3H3,(H,30,31)(H,33,34)/t25-/m1/s1. The molecule has 35 heavy (non-hydrogen) atoms. The Bertz CT molecular complexity index is 1220. The van der Waals surface area contributed by atoms with E-state index in [2.05, 4.69) is 35.4 Å². The van der Waals surface area contributed by atoms with Crippen LogP contribution in [0.2, 0.25) is 0 Å². The number of fused-ring (bicyclic) bond motifs is 1. The lowest BCUT2D eigenvalue weighted by Gasteiger charge is -2.44. The van der Waals surface area contributed by atoms with E-state index in [1.54, 1.807) is 0 Å². The molecule has 1 atom stereocenters. The molecule has 6 nitrogen and oxygen atoms in total. The summed E-state index contributed by atoms with van der Waals surface area (Å²) >= 11 is 0. The lowest BCUT2D eigenvalue weighted by molar-refractivity contribution is -0.274. The van der Waals surface area contributed by atoms with Crippen LogP contribution in [0.3, 0.4) is 0 Å². The molecule has 3 aromatic rings. The first-order chi connectivity index (χ1) is 16.3. The van der Waals surface area contributed by atoms with E-state index in [1.807, 2.05) is 18.2 Å². The fraction of sp³-hybridized carbons (Fsp3) is 0.462. The summed E-state index contributed by atoms with van der Waals surface area (Å²) < 4.78 is 43.7. The number of rotatable bonds is 7. The van der Waals surface area contributed by atoms with Gasteiger partial charge in [0, 0.05) is 17.6 Å². The lowest BCUT2D eigenvalue weighted by atomic mass is 9.68. The maximum absolute atomic E-state index is 12.5. The molecule has 0 unspecified atom stereocenters. The Labute approximate surface area is 202 Å². The number of ether oxygens (including phenoxy) is 1. The number of nitrogens with zero attached hydrogens (tertiary/aromatic N) is 2. The van der Waals surface area contributed by atoms with Crippen LogP contribution in [0.1, 0.15) is 58.4 Å². The van der Waals surface area contributed by atoms with Crippen molar-refractivity contribution in [1.29, 1.82) is 0 Å². The van der Waals surface area contributed by atoms with Gasteiger partial charge in [-0.15, -0.1) is 13.2 Å². The van der Waals surface area contributed by atoms with E-state index in [1.165, 1.54) is 24.3 Å². The van der Waals surface area contributed by atoms with Crippen molar-refractivity contribution in [2.75, 3.05) is 5.32 Å². The van der Waals surface area contributed by atoms with Crippen LogP contribution in [0, 0.1) is 5.41 Å². The number of imidazole rings is 1. The first-order valence-corrected chi connectivity index (χ1v) is 11.7. The molecule has 0 saturated heterocycles. The number of anilines is 2. The smallest absolute Gasteiger partial charge is 0.481 e. The summed E-state index contributed by atoms with van der Waals surface area (Å²) in [6, 6.07) is 11.4. The van der Waals surface area contributed by atoms with Gasteiger partial charge in [0.25, 0.3) is 0 Å². The number of aliphatic carboxylic acids is 1. The molecule has 0 radical (unpaired) electrons. The topological polar surface area (TPSA) is 76.4 Å². The van der Waals surface area contributed by atoms with Gasteiger partial charge in [-0.3, -0.25) is 4.79 Å². The molecular weight excluding hydrogens is 459 g/mol. The second kappa shape index (κ2) is 9.09. The second-order valence-corrected chi connectivity index (χ2v) is 10.4. The Morgan fingerprint density at radius 1 is 1.14 bits per heavy atom. The molecule has 0 spiro atoms. The average Bonchev–Trinajstić information content (AvgIpc) is 3.09. The number of halogens is 3. The zero-order chi connectivity index (χ0) is 25.4. The number of benzene rings is 2. The molecule has 2 N–H and O–H groups in total. The molecular formula is C26H30F3N3O3. The van der Waals surface area contributed by atoms with Crippen LogP contribution in [0.4, 0.5) is 24.8 Å².